The molecule has 0 saturated heterocycles. The lowest BCUT2D eigenvalue weighted by molar-refractivity contribution is 0.578. The van der Waals surface area contributed by atoms with Gasteiger partial charge in [-0.25, -0.2) is 13.1 Å². The van der Waals surface area contributed by atoms with E-state index in [0.29, 0.717) is 6.42 Å². The Hall–Kier alpha value is -1.92. The molecule has 6 heteroatoms. The minimum Gasteiger partial charge on any atom is -0.318 e. The topological polar surface area (TPSA) is 68.2 Å². The molecule has 1 aromatic carbocycles. The van der Waals surface area contributed by atoms with Crippen LogP contribution in [0.3, 0.4) is 0 Å². The van der Waals surface area contributed by atoms with Gasteiger partial charge in [0.25, 0.3) is 0 Å². The summed E-state index contributed by atoms with van der Waals surface area (Å²) in [7, 11) is -1.67. The molecule has 0 radical (unpaired) electrons. The second kappa shape index (κ2) is 7.38. The average Bonchev–Trinajstić information content (AvgIpc) is 2.49. The minimum atomic E-state index is -3.31. The monoisotopic (exact) mass is 320 g/mol. The van der Waals surface area contributed by atoms with Crippen molar-refractivity contribution in [3.8, 4) is 0 Å². The first-order valence-electron chi connectivity index (χ1n) is 7.13. The molecular weight excluding hydrogens is 300 g/mol. The molecule has 0 aliphatic carbocycles. The van der Waals surface area contributed by atoms with Gasteiger partial charge in [-0.3, -0.25) is 4.79 Å². The summed E-state index contributed by atoms with van der Waals surface area (Å²) in [5.41, 5.74) is 1.78. The third-order valence-electron chi connectivity index (χ3n) is 3.36. The summed E-state index contributed by atoms with van der Waals surface area (Å²) in [5, 5.41) is 0. The summed E-state index contributed by atoms with van der Waals surface area (Å²) in [5.74, 6) is 0.0909. The molecule has 1 N–H and O–H groups in total. The highest BCUT2D eigenvalue weighted by Crippen LogP contribution is 2.04. The molecule has 0 amide bonds. The van der Waals surface area contributed by atoms with E-state index in [1.807, 2.05) is 30.3 Å². The zero-order valence-electron chi connectivity index (χ0n) is 12.5. The number of aryl methyl sites for hydroxylation is 2. The first-order valence-corrected chi connectivity index (χ1v) is 8.78. The lowest BCUT2D eigenvalue weighted by atomic mass is 10.1. The summed E-state index contributed by atoms with van der Waals surface area (Å²) in [6.07, 6.45) is 2.95. The molecule has 2 rings (SSSR count). The van der Waals surface area contributed by atoms with Crippen molar-refractivity contribution in [1.82, 2.24) is 9.29 Å². The number of nitrogens with zero attached hydrogens (tertiary/aromatic N) is 1. The summed E-state index contributed by atoms with van der Waals surface area (Å²) < 4.78 is 27.9. The SMILES string of the molecule is Cn1cc(CNS(=O)(=O)CCCc2ccccc2)ccc1=O. The number of hydrogen-bond acceptors (Lipinski definition) is 3. The van der Waals surface area contributed by atoms with Crippen LogP contribution >= 0.6 is 0 Å². The Morgan fingerprint density at radius 3 is 2.45 bits per heavy atom. The molecule has 0 atom stereocenters. The number of aromatic nitrogens is 1. The molecule has 2 aromatic rings. The number of benzene rings is 1. The maximum Gasteiger partial charge on any atom is 0.250 e. The Kier molecular flexibility index (Phi) is 5.51. The van der Waals surface area contributed by atoms with Crippen LogP contribution in [-0.4, -0.2) is 18.7 Å². The predicted octanol–water partition coefficient (Wildman–Crippen LogP) is 1.44. The maximum atomic E-state index is 12.0. The van der Waals surface area contributed by atoms with Crippen LogP contribution in [0.2, 0.25) is 0 Å². The van der Waals surface area contributed by atoms with Crippen LogP contribution in [0.5, 0.6) is 0 Å². The molecule has 0 aliphatic rings. The average molecular weight is 320 g/mol. The van der Waals surface area contributed by atoms with Gasteiger partial charge in [0.2, 0.25) is 15.6 Å². The largest absolute Gasteiger partial charge is 0.318 e. The quantitative estimate of drug-likeness (QED) is 0.839. The lowest BCUT2D eigenvalue weighted by Gasteiger charge is -2.08. The molecule has 1 heterocycles. The van der Waals surface area contributed by atoms with E-state index in [1.54, 1.807) is 19.3 Å². The van der Waals surface area contributed by atoms with Gasteiger partial charge >= 0.3 is 0 Å². The normalized spacial score (nSPS) is 11.5. The van der Waals surface area contributed by atoms with Crippen molar-refractivity contribution < 1.29 is 8.42 Å². The predicted molar refractivity (Wildman–Crippen MR) is 87.1 cm³/mol. The van der Waals surface area contributed by atoms with Gasteiger partial charge < -0.3 is 4.57 Å². The van der Waals surface area contributed by atoms with E-state index in [9.17, 15) is 13.2 Å². The number of hydrogen-bond donors (Lipinski definition) is 1. The Morgan fingerprint density at radius 1 is 1.05 bits per heavy atom. The first-order chi connectivity index (χ1) is 10.5. The molecular formula is C16H20N2O3S. The second-order valence-corrected chi connectivity index (χ2v) is 7.14. The molecule has 118 valence electrons. The summed E-state index contributed by atoms with van der Waals surface area (Å²) in [6, 6.07) is 12.9. The number of sulfonamides is 1. The maximum absolute atomic E-state index is 12.0. The van der Waals surface area contributed by atoms with E-state index in [4.69, 9.17) is 0 Å². The van der Waals surface area contributed by atoms with E-state index in [-0.39, 0.29) is 17.9 Å². The molecule has 0 bridgehead atoms. The zero-order chi connectivity index (χ0) is 16.0. The highest BCUT2D eigenvalue weighted by atomic mass is 32.2. The Labute approximate surface area is 130 Å². The van der Waals surface area contributed by atoms with E-state index in [1.165, 1.54) is 10.6 Å². The summed E-state index contributed by atoms with van der Waals surface area (Å²) >= 11 is 0. The fourth-order valence-electron chi connectivity index (χ4n) is 2.13. The van der Waals surface area contributed by atoms with Gasteiger partial charge in [-0.1, -0.05) is 36.4 Å². The third-order valence-corrected chi connectivity index (χ3v) is 4.77. The minimum absolute atomic E-state index is 0.0909. The van der Waals surface area contributed by atoms with Gasteiger partial charge in [0.05, 0.1) is 5.75 Å². The molecule has 0 saturated carbocycles. The van der Waals surface area contributed by atoms with E-state index in [2.05, 4.69) is 4.72 Å². The van der Waals surface area contributed by atoms with Crippen LogP contribution < -0.4 is 10.3 Å². The van der Waals surface area contributed by atoms with Crippen LogP contribution in [0.25, 0.3) is 0 Å². The number of nitrogens with one attached hydrogen (secondary N) is 1. The molecule has 0 spiro atoms. The van der Waals surface area contributed by atoms with Crippen LogP contribution in [0.4, 0.5) is 0 Å². The van der Waals surface area contributed by atoms with Crippen LogP contribution in [0.15, 0.2) is 53.5 Å². The van der Waals surface area contributed by atoms with Gasteiger partial charge in [-0.2, -0.15) is 0 Å². The molecule has 22 heavy (non-hydrogen) atoms. The molecule has 0 unspecified atom stereocenters. The lowest BCUT2D eigenvalue weighted by Crippen LogP contribution is -2.27. The molecule has 0 aliphatic heterocycles. The third kappa shape index (κ3) is 5.13. The first kappa shape index (κ1) is 16.5. The summed E-state index contributed by atoms with van der Waals surface area (Å²) in [4.78, 5) is 11.3. The molecule has 1 aromatic heterocycles. The van der Waals surface area contributed by atoms with Gasteiger partial charge in [-0.15, -0.1) is 0 Å². The Morgan fingerprint density at radius 2 is 1.77 bits per heavy atom. The fraction of sp³-hybridized carbons (Fsp3) is 0.312. The zero-order valence-corrected chi connectivity index (χ0v) is 13.3. The van der Waals surface area contributed by atoms with Crippen molar-refractivity contribution in [2.45, 2.75) is 19.4 Å². The molecule has 5 nitrogen and oxygen atoms in total. The van der Waals surface area contributed by atoms with Crippen LogP contribution in [0.1, 0.15) is 17.5 Å². The van der Waals surface area contributed by atoms with Crippen LogP contribution in [0, 0.1) is 0 Å². The highest BCUT2D eigenvalue weighted by Gasteiger charge is 2.10. The van der Waals surface area contributed by atoms with Crippen molar-refractivity contribution in [1.29, 1.82) is 0 Å². The molecule has 0 fully saturated rings. The van der Waals surface area contributed by atoms with Crippen molar-refractivity contribution >= 4 is 10.0 Å². The van der Waals surface area contributed by atoms with Crippen LogP contribution in [-0.2, 0) is 30.0 Å². The van der Waals surface area contributed by atoms with Crippen molar-refractivity contribution in [3.05, 3.63) is 70.1 Å². The highest BCUT2D eigenvalue weighted by molar-refractivity contribution is 7.89. The van der Waals surface area contributed by atoms with Crippen molar-refractivity contribution in [2.24, 2.45) is 7.05 Å². The standard InChI is InChI=1S/C16H20N2O3S/c1-18-13-15(9-10-16(18)19)12-17-22(20,21)11-5-8-14-6-3-2-4-7-14/h2-4,6-7,9-10,13,17H,5,8,11-12H2,1H3. The van der Waals surface area contributed by atoms with E-state index >= 15 is 0 Å². The Bertz CT molecular complexity index is 767. The van der Waals surface area contributed by atoms with Gasteiger partial charge in [0.1, 0.15) is 0 Å². The van der Waals surface area contributed by atoms with E-state index in [0.717, 1.165) is 17.5 Å². The van der Waals surface area contributed by atoms with Gasteiger partial charge in [0, 0.05) is 25.9 Å². The Balaban J connectivity index is 1.83. The van der Waals surface area contributed by atoms with Crippen molar-refractivity contribution in [3.63, 3.8) is 0 Å². The fourth-order valence-corrected chi connectivity index (χ4v) is 3.19. The van der Waals surface area contributed by atoms with Crippen molar-refractivity contribution in [2.75, 3.05) is 5.75 Å². The van der Waals surface area contributed by atoms with E-state index < -0.39 is 10.0 Å². The van der Waals surface area contributed by atoms with Gasteiger partial charge in [0.15, 0.2) is 0 Å². The van der Waals surface area contributed by atoms with Gasteiger partial charge in [-0.05, 0) is 24.0 Å². The smallest absolute Gasteiger partial charge is 0.250 e. The number of pyridine rings is 1. The summed E-state index contributed by atoms with van der Waals surface area (Å²) in [6.45, 7) is 0.196. The number of rotatable bonds is 7. The second-order valence-electron chi connectivity index (χ2n) is 5.22.